The number of carbonyl (C=O) groups is 2. The summed E-state index contributed by atoms with van der Waals surface area (Å²) in [6, 6.07) is 3.77. The summed E-state index contributed by atoms with van der Waals surface area (Å²) in [7, 11) is 0. The van der Waals surface area contributed by atoms with Gasteiger partial charge in [-0.1, -0.05) is 12.1 Å². The Kier molecular flexibility index (Phi) is 4.20. The van der Waals surface area contributed by atoms with Gasteiger partial charge in [0.15, 0.2) is 6.23 Å². The van der Waals surface area contributed by atoms with Crippen LogP contribution >= 0.6 is 0 Å². The maximum Gasteiger partial charge on any atom is 0.490 e. The zero-order valence-corrected chi connectivity index (χ0v) is 12.4. The molecular weight excluding hydrogens is 332 g/mol. The van der Waals surface area contributed by atoms with E-state index >= 15 is 0 Å². The number of ether oxygens (including phenoxy) is 1. The number of nitrogens with zero attached hydrogens (tertiary/aromatic N) is 1. The molecule has 0 radical (unpaired) electrons. The monoisotopic (exact) mass is 346 g/mol. The van der Waals surface area contributed by atoms with Crippen molar-refractivity contribution in [2.45, 2.75) is 31.5 Å². The van der Waals surface area contributed by atoms with Crippen molar-refractivity contribution < 1.29 is 31.9 Å². The molecule has 2 heterocycles. The molecule has 1 aromatic rings. The Morgan fingerprint density at radius 1 is 1.38 bits per heavy atom. The van der Waals surface area contributed by atoms with Crippen molar-refractivity contribution >= 4 is 11.9 Å². The number of halogens is 4. The van der Waals surface area contributed by atoms with Gasteiger partial charge in [0.1, 0.15) is 6.67 Å². The van der Waals surface area contributed by atoms with Gasteiger partial charge in [-0.2, -0.15) is 13.2 Å². The molecule has 0 aliphatic carbocycles. The van der Waals surface area contributed by atoms with Gasteiger partial charge in [0.05, 0.1) is 6.04 Å². The summed E-state index contributed by atoms with van der Waals surface area (Å²) in [5, 5.41) is 2.69. The number of alkyl halides is 4. The molecule has 2 aliphatic heterocycles. The van der Waals surface area contributed by atoms with Gasteiger partial charge in [-0.05, 0) is 23.6 Å². The van der Waals surface area contributed by atoms with Crippen molar-refractivity contribution in [3.63, 3.8) is 0 Å². The Morgan fingerprint density at radius 3 is 2.79 bits per heavy atom. The standard InChI is InChI=1S/C15H14F4N2O3/c16-7-8-1-2-10-9(5-8)6-11-12(24-14(23)15(17,18)19)20-3-4-21(11)13(10)22/h1-2,5,11-12,20H,3-4,6-7H2. The van der Waals surface area contributed by atoms with Gasteiger partial charge in [-0.25, -0.2) is 9.18 Å². The van der Waals surface area contributed by atoms with Gasteiger partial charge < -0.3 is 9.64 Å². The third kappa shape index (κ3) is 2.95. The summed E-state index contributed by atoms with van der Waals surface area (Å²) in [5.74, 6) is -2.67. The van der Waals surface area contributed by atoms with Gasteiger partial charge in [-0.15, -0.1) is 0 Å². The predicted molar refractivity (Wildman–Crippen MR) is 73.7 cm³/mol. The fourth-order valence-electron chi connectivity index (χ4n) is 3.05. The highest BCUT2D eigenvalue weighted by atomic mass is 19.4. The second kappa shape index (κ2) is 6.04. The maximum absolute atomic E-state index is 12.8. The summed E-state index contributed by atoms with van der Waals surface area (Å²) < 4.78 is 54.6. The lowest BCUT2D eigenvalue weighted by Gasteiger charge is -2.44. The molecule has 1 saturated heterocycles. The first-order chi connectivity index (χ1) is 11.3. The van der Waals surface area contributed by atoms with Gasteiger partial charge in [-0.3, -0.25) is 10.1 Å². The Balaban J connectivity index is 1.87. The molecular formula is C15H14F4N2O3. The number of rotatable bonds is 2. The number of amides is 1. The number of benzene rings is 1. The van der Waals surface area contributed by atoms with E-state index in [-0.39, 0.29) is 25.4 Å². The van der Waals surface area contributed by atoms with Gasteiger partial charge in [0, 0.05) is 18.7 Å². The van der Waals surface area contributed by atoms with Crippen molar-refractivity contribution in [2.24, 2.45) is 0 Å². The van der Waals surface area contributed by atoms with Crippen molar-refractivity contribution in [3.8, 4) is 0 Å². The number of fused-ring (bicyclic) bond motifs is 2. The molecule has 1 amide bonds. The molecule has 1 N–H and O–H groups in total. The number of carbonyl (C=O) groups excluding carboxylic acids is 2. The first-order valence-corrected chi connectivity index (χ1v) is 7.31. The number of esters is 1. The highest BCUT2D eigenvalue weighted by molar-refractivity contribution is 5.97. The third-order valence-electron chi connectivity index (χ3n) is 4.16. The van der Waals surface area contributed by atoms with Crippen LogP contribution in [0.15, 0.2) is 18.2 Å². The van der Waals surface area contributed by atoms with E-state index in [1.54, 1.807) is 0 Å². The lowest BCUT2D eigenvalue weighted by atomic mass is 9.90. The molecule has 3 rings (SSSR count). The minimum atomic E-state index is -5.11. The number of nitrogens with one attached hydrogen (secondary N) is 1. The van der Waals surface area contributed by atoms with E-state index in [0.717, 1.165) is 0 Å². The van der Waals surface area contributed by atoms with Crippen LogP contribution < -0.4 is 5.32 Å². The molecule has 2 aliphatic rings. The van der Waals surface area contributed by atoms with Crippen LogP contribution in [0.3, 0.4) is 0 Å². The first-order valence-electron chi connectivity index (χ1n) is 7.31. The molecule has 24 heavy (non-hydrogen) atoms. The molecule has 5 nitrogen and oxygen atoms in total. The fourth-order valence-corrected chi connectivity index (χ4v) is 3.05. The number of hydrogen-bond donors (Lipinski definition) is 1. The summed E-state index contributed by atoms with van der Waals surface area (Å²) in [6.07, 6.45) is -6.20. The third-order valence-corrected chi connectivity index (χ3v) is 4.16. The predicted octanol–water partition coefficient (Wildman–Crippen LogP) is 1.56. The second-order valence-corrected chi connectivity index (χ2v) is 5.67. The van der Waals surface area contributed by atoms with Crippen molar-refractivity contribution in [3.05, 3.63) is 34.9 Å². The molecule has 1 aromatic carbocycles. The van der Waals surface area contributed by atoms with Crippen LogP contribution in [-0.2, 0) is 22.6 Å². The van der Waals surface area contributed by atoms with Crippen LogP contribution in [0.5, 0.6) is 0 Å². The van der Waals surface area contributed by atoms with E-state index in [4.69, 9.17) is 0 Å². The molecule has 2 atom stereocenters. The van der Waals surface area contributed by atoms with E-state index in [0.29, 0.717) is 16.7 Å². The first kappa shape index (κ1) is 16.7. The fraction of sp³-hybridized carbons (Fsp3) is 0.467. The van der Waals surface area contributed by atoms with E-state index < -0.39 is 31.1 Å². The molecule has 0 spiro atoms. The molecule has 0 saturated carbocycles. The molecule has 0 bridgehead atoms. The minimum absolute atomic E-state index is 0.178. The van der Waals surface area contributed by atoms with Crippen molar-refractivity contribution in [1.29, 1.82) is 0 Å². The van der Waals surface area contributed by atoms with Crippen LogP contribution in [0.2, 0.25) is 0 Å². The molecule has 0 aromatic heterocycles. The largest absolute Gasteiger partial charge is 0.490 e. The zero-order chi connectivity index (χ0) is 17.5. The number of hydrogen-bond acceptors (Lipinski definition) is 4. The Labute approximate surface area is 134 Å². The highest BCUT2D eigenvalue weighted by Gasteiger charge is 2.46. The average molecular weight is 346 g/mol. The van der Waals surface area contributed by atoms with Crippen LogP contribution in [0, 0.1) is 0 Å². The van der Waals surface area contributed by atoms with Crippen LogP contribution in [0.4, 0.5) is 17.6 Å². The quantitative estimate of drug-likeness (QED) is 0.652. The second-order valence-electron chi connectivity index (χ2n) is 5.67. The zero-order valence-electron chi connectivity index (χ0n) is 12.4. The molecule has 130 valence electrons. The lowest BCUT2D eigenvalue weighted by molar-refractivity contribution is -0.210. The van der Waals surface area contributed by atoms with Crippen molar-refractivity contribution in [1.82, 2.24) is 10.2 Å². The average Bonchev–Trinajstić information content (AvgIpc) is 2.54. The Morgan fingerprint density at radius 2 is 2.12 bits per heavy atom. The van der Waals surface area contributed by atoms with E-state index in [1.165, 1.54) is 23.1 Å². The normalized spacial score (nSPS) is 23.5. The smallest absolute Gasteiger partial charge is 0.438 e. The number of piperazine rings is 1. The summed E-state index contributed by atoms with van der Waals surface area (Å²) >= 11 is 0. The molecule has 9 heteroatoms. The highest BCUT2D eigenvalue weighted by Crippen LogP contribution is 2.29. The molecule has 1 fully saturated rings. The summed E-state index contributed by atoms with van der Waals surface area (Å²) in [4.78, 5) is 25.0. The Hall–Kier alpha value is -2.16. The SMILES string of the molecule is O=C1c2ccc(CF)cc2CC2C(OC(=O)C(F)(F)F)NCCN12. The van der Waals surface area contributed by atoms with E-state index in [1.807, 2.05) is 0 Å². The van der Waals surface area contributed by atoms with E-state index in [2.05, 4.69) is 10.1 Å². The Bertz CT molecular complexity index is 677. The summed E-state index contributed by atoms with van der Waals surface area (Å²) in [6.45, 7) is -0.218. The van der Waals surface area contributed by atoms with Crippen molar-refractivity contribution in [2.75, 3.05) is 13.1 Å². The lowest BCUT2D eigenvalue weighted by Crippen LogP contribution is -2.63. The van der Waals surface area contributed by atoms with Gasteiger partial charge in [0.25, 0.3) is 5.91 Å². The maximum atomic E-state index is 12.8. The summed E-state index contributed by atoms with van der Waals surface area (Å²) in [5.41, 5.74) is 1.31. The van der Waals surface area contributed by atoms with E-state index in [9.17, 15) is 27.2 Å². The minimum Gasteiger partial charge on any atom is -0.438 e. The topological polar surface area (TPSA) is 58.6 Å². The van der Waals surface area contributed by atoms with Crippen LogP contribution in [0.1, 0.15) is 21.5 Å². The van der Waals surface area contributed by atoms with Gasteiger partial charge in [0.2, 0.25) is 0 Å². The molecule has 2 unspecified atom stereocenters. The van der Waals surface area contributed by atoms with Crippen LogP contribution in [-0.4, -0.2) is 48.3 Å². The van der Waals surface area contributed by atoms with Crippen LogP contribution in [0.25, 0.3) is 0 Å². The van der Waals surface area contributed by atoms with Gasteiger partial charge >= 0.3 is 12.1 Å².